The maximum atomic E-state index is 4.90. The smallest absolute Gasteiger partial charge is 0.283 e. The summed E-state index contributed by atoms with van der Waals surface area (Å²) in [5, 5.41) is 0. The van der Waals surface area contributed by atoms with Crippen LogP contribution >= 0.6 is 0 Å². The first kappa shape index (κ1) is 6.33. The molecular weight excluding hydrogens is 114 g/mol. The standard InChI is InChI=1S/C7H10NO/c1-2-3-4-7-5-8-6-9-7/h5H,2-4H2,1H3. The van der Waals surface area contributed by atoms with Crippen LogP contribution in [0.3, 0.4) is 0 Å². The molecule has 0 aliphatic heterocycles. The van der Waals surface area contributed by atoms with Crippen LogP contribution in [0.4, 0.5) is 0 Å². The molecule has 0 aromatic carbocycles. The zero-order chi connectivity index (χ0) is 6.53. The molecule has 0 saturated carbocycles. The van der Waals surface area contributed by atoms with Crippen LogP contribution in [0.5, 0.6) is 0 Å². The number of unbranched alkanes of at least 4 members (excludes halogenated alkanes) is 1. The molecule has 1 heterocycles. The van der Waals surface area contributed by atoms with Gasteiger partial charge in [-0.15, -0.1) is 0 Å². The average Bonchev–Trinajstić information content (AvgIpc) is 2.34. The van der Waals surface area contributed by atoms with Crippen molar-refractivity contribution in [2.75, 3.05) is 0 Å². The molecule has 49 valence electrons. The maximum Gasteiger partial charge on any atom is 0.283 e. The third-order valence-electron chi connectivity index (χ3n) is 1.21. The second-order valence-electron chi connectivity index (χ2n) is 2.02. The lowest BCUT2D eigenvalue weighted by molar-refractivity contribution is 0.488. The van der Waals surface area contributed by atoms with Crippen LogP contribution in [0.15, 0.2) is 10.6 Å². The Morgan fingerprint density at radius 2 is 2.67 bits per heavy atom. The van der Waals surface area contributed by atoms with Crippen molar-refractivity contribution in [3.63, 3.8) is 0 Å². The molecule has 1 aromatic rings. The van der Waals surface area contributed by atoms with Crippen molar-refractivity contribution in [2.24, 2.45) is 0 Å². The van der Waals surface area contributed by atoms with Crippen LogP contribution in [-0.2, 0) is 6.42 Å². The predicted octanol–water partition coefficient (Wildman–Crippen LogP) is 1.82. The Hall–Kier alpha value is -0.790. The lowest BCUT2D eigenvalue weighted by Crippen LogP contribution is -1.78. The van der Waals surface area contributed by atoms with Crippen molar-refractivity contribution in [1.82, 2.24) is 4.98 Å². The van der Waals surface area contributed by atoms with Gasteiger partial charge in [0.25, 0.3) is 6.39 Å². The highest BCUT2D eigenvalue weighted by atomic mass is 16.3. The Bertz CT molecular complexity index is 146. The molecule has 0 aliphatic carbocycles. The first-order valence-corrected chi connectivity index (χ1v) is 3.24. The largest absolute Gasteiger partial charge is 0.438 e. The molecule has 0 bridgehead atoms. The minimum absolute atomic E-state index is 0.942. The number of nitrogens with zero attached hydrogens (tertiary/aromatic N) is 1. The van der Waals surface area contributed by atoms with E-state index in [4.69, 9.17) is 4.42 Å². The summed E-state index contributed by atoms with van der Waals surface area (Å²) in [5.41, 5.74) is 0. The van der Waals surface area contributed by atoms with Crippen LogP contribution in [0.25, 0.3) is 0 Å². The van der Waals surface area contributed by atoms with E-state index >= 15 is 0 Å². The predicted molar refractivity (Wildman–Crippen MR) is 34.0 cm³/mol. The summed E-state index contributed by atoms with van der Waals surface area (Å²) in [6.07, 6.45) is 7.49. The zero-order valence-electron chi connectivity index (χ0n) is 5.55. The minimum atomic E-state index is 0.942. The van der Waals surface area contributed by atoms with E-state index in [1.807, 2.05) is 0 Å². The highest BCUT2D eigenvalue weighted by Gasteiger charge is 1.93. The summed E-state index contributed by atoms with van der Waals surface area (Å²) in [6, 6.07) is 0. The second kappa shape index (κ2) is 3.28. The highest BCUT2D eigenvalue weighted by Crippen LogP contribution is 2.01. The number of aromatic nitrogens is 1. The van der Waals surface area contributed by atoms with Gasteiger partial charge in [-0.2, -0.15) is 0 Å². The van der Waals surface area contributed by atoms with Crippen LogP contribution in [0.1, 0.15) is 25.5 Å². The maximum absolute atomic E-state index is 4.90. The van der Waals surface area contributed by atoms with Crippen molar-refractivity contribution in [2.45, 2.75) is 26.2 Å². The zero-order valence-corrected chi connectivity index (χ0v) is 5.55. The van der Waals surface area contributed by atoms with Gasteiger partial charge >= 0.3 is 0 Å². The molecule has 0 atom stereocenters. The van der Waals surface area contributed by atoms with Crippen LogP contribution in [-0.4, -0.2) is 4.98 Å². The summed E-state index contributed by atoms with van der Waals surface area (Å²) >= 11 is 0. The Balaban J connectivity index is 2.30. The minimum Gasteiger partial charge on any atom is -0.438 e. The summed E-state index contributed by atoms with van der Waals surface area (Å²) < 4.78 is 4.90. The van der Waals surface area contributed by atoms with E-state index in [2.05, 4.69) is 18.3 Å². The van der Waals surface area contributed by atoms with E-state index in [1.165, 1.54) is 12.8 Å². The highest BCUT2D eigenvalue weighted by molar-refractivity contribution is 4.86. The van der Waals surface area contributed by atoms with Crippen molar-refractivity contribution < 1.29 is 4.42 Å². The molecule has 0 aliphatic rings. The van der Waals surface area contributed by atoms with Gasteiger partial charge in [0.15, 0.2) is 0 Å². The Morgan fingerprint density at radius 3 is 3.22 bits per heavy atom. The van der Waals surface area contributed by atoms with Crippen LogP contribution in [0, 0.1) is 6.39 Å². The SMILES string of the molecule is CCCCc1cn[c]o1. The molecule has 1 aromatic heterocycles. The molecule has 0 N–H and O–H groups in total. The summed E-state index contributed by atoms with van der Waals surface area (Å²) in [4.78, 5) is 3.68. The third-order valence-corrected chi connectivity index (χ3v) is 1.21. The lowest BCUT2D eigenvalue weighted by Gasteiger charge is -1.88. The molecule has 2 nitrogen and oxygen atoms in total. The quantitative estimate of drug-likeness (QED) is 0.614. The Labute approximate surface area is 54.9 Å². The van der Waals surface area contributed by atoms with Crippen LogP contribution < -0.4 is 0 Å². The number of aryl methyl sites for hydroxylation is 1. The van der Waals surface area contributed by atoms with Gasteiger partial charge in [0, 0.05) is 6.42 Å². The van der Waals surface area contributed by atoms with E-state index in [0.717, 1.165) is 12.2 Å². The molecule has 0 fully saturated rings. The van der Waals surface area contributed by atoms with Gasteiger partial charge < -0.3 is 4.42 Å². The fourth-order valence-electron chi connectivity index (χ4n) is 0.676. The number of oxazole rings is 1. The fraction of sp³-hybridized carbons (Fsp3) is 0.571. The molecule has 0 amide bonds. The first-order chi connectivity index (χ1) is 4.43. The molecule has 0 spiro atoms. The molecular formula is C7H10NO. The van der Waals surface area contributed by atoms with Gasteiger partial charge in [0.1, 0.15) is 5.76 Å². The first-order valence-electron chi connectivity index (χ1n) is 3.24. The Kier molecular flexibility index (Phi) is 2.31. The van der Waals surface area contributed by atoms with E-state index in [-0.39, 0.29) is 0 Å². The van der Waals surface area contributed by atoms with Gasteiger partial charge in [0.05, 0.1) is 6.20 Å². The molecule has 1 rings (SSSR count). The second-order valence-corrected chi connectivity index (χ2v) is 2.02. The van der Waals surface area contributed by atoms with E-state index in [9.17, 15) is 0 Å². The van der Waals surface area contributed by atoms with Crippen molar-refractivity contribution in [3.8, 4) is 0 Å². The van der Waals surface area contributed by atoms with E-state index in [1.54, 1.807) is 6.20 Å². The normalized spacial score (nSPS) is 9.89. The number of hydrogen-bond acceptors (Lipinski definition) is 2. The summed E-state index contributed by atoms with van der Waals surface area (Å²) in [7, 11) is 0. The van der Waals surface area contributed by atoms with Crippen molar-refractivity contribution >= 4 is 0 Å². The number of rotatable bonds is 3. The summed E-state index contributed by atoms with van der Waals surface area (Å²) in [5.74, 6) is 0.942. The summed E-state index contributed by atoms with van der Waals surface area (Å²) in [6.45, 7) is 2.15. The molecule has 0 unspecified atom stereocenters. The molecule has 9 heavy (non-hydrogen) atoms. The molecule has 2 heteroatoms. The monoisotopic (exact) mass is 124 g/mol. The Morgan fingerprint density at radius 1 is 1.78 bits per heavy atom. The van der Waals surface area contributed by atoms with Crippen LogP contribution in [0.2, 0.25) is 0 Å². The van der Waals surface area contributed by atoms with Gasteiger partial charge in [-0.25, -0.2) is 4.98 Å². The van der Waals surface area contributed by atoms with Gasteiger partial charge in [0.2, 0.25) is 0 Å². The van der Waals surface area contributed by atoms with Crippen molar-refractivity contribution in [1.29, 1.82) is 0 Å². The molecule has 0 saturated heterocycles. The van der Waals surface area contributed by atoms with Gasteiger partial charge in [-0.1, -0.05) is 13.3 Å². The topological polar surface area (TPSA) is 26.0 Å². The van der Waals surface area contributed by atoms with E-state index < -0.39 is 0 Å². The lowest BCUT2D eigenvalue weighted by atomic mass is 10.2. The van der Waals surface area contributed by atoms with Gasteiger partial charge in [-0.05, 0) is 6.42 Å². The fourth-order valence-corrected chi connectivity index (χ4v) is 0.676. The van der Waals surface area contributed by atoms with Gasteiger partial charge in [-0.3, -0.25) is 0 Å². The number of hydrogen-bond donors (Lipinski definition) is 0. The van der Waals surface area contributed by atoms with Crippen molar-refractivity contribution in [3.05, 3.63) is 18.4 Å². The average molecular weight is 124 g/mol. The third kappa shape index (κ3) is 1.88. The van der Waals surface area contributed by atoms with E-state index in [0.29, 0.717) is 0 Å². The molecule has 1 radical (unpaired) electrons.